The van der Waals surface area contributed by atoms with Crippen LogP contribution in [0.5, 0.6) is 5.75 Å². The minimum atomic E-state index is -0.255. The van der Waals surface area contributed by atoms with Crippen LogP contribution in [0.3, 0.4) is 0 Å². The minimum Gasteiger partial charge on any atom is -0.497 e. The number of amides is 1. The number of aryl methyl sites for hydroxylation is 1. The fourth-order valence-electron chi connectivity index (χ4n) is 2.39. The fraction of sp³-hybridized carbons (Fsp3) is 0.316. The molecule has 0 aliphatic carbocycles. The molecule has 1 amide bonds. The first kappa shape index (κ1) is 17.0. The quantitative estimate of drug-likeness (QED) is 0.777. The molecule has 0 fully saturated rings. The number of benzene rings is 2. The summed E-state index contributed by atoms with van der Waals surface area (Å²) in [5.41, 5.74) is 2.04. The van der Waals surface area contributed by atoms with Gasteiger partial charge < -0.3 is 9.64 Å². The van der Waals surface area contributed by atoms with Gasteiger partial charge in [0.05, 0.1) is 7.11 Å². The van der Waals surface area contributed by atoms with Gasteiger partial charge in [0.25, 0.3) is 0 Å². The van der Waals surface area contributed by atoms with Crippen LogP contribution < -0.4 is 4.74 Å². The first-order chi connectivity index (χ1) is 11.1. The van der Waals surface area contributed by atoms with Gasteiger partial charge in [-0.05, 0) is 48.7 Å². The van der Waals surface area contributed by atoms with Crippen LogP contribution >= 0.6 is 0 Å². The van der Waals surface area contributed by atoms with Gasteiger partial charge in [-0.15, -0.1) is 0 Å². The molecule has 4 heteroatoms. The summed E-state index contributed by atoms with van der Waals surface area (Å²) in [7, 11) is 1.63. The molecule has 0 unspecified atom stereocenters. The van der Waals surface area contributed by atoms with E-state index in [1.54, 1.807) is 19.2 Å². The lowest BCUT2D eigenvalue weighted by molar-refractivity contribution is -0.131. The molecule has 2 aromatic rings. The van der Waals surface area contributed by atoms with Gasteiger partial charge in [0.15, 0.2) is 0 Å². The van der Waals surface area contributed by atoms with E-state index in [9.17, 15) is 9.18 Å². The zero-order chi connectivity index (χ0) is 16.7. The lowest BCUT2D eigenvalue weighted by Gasteiger charge is -2.21. The Morgan fingerprint density at radius 3 is 2.22 bits per heavy atom. The smallest absolute Gasteiger partial charge is 0.223 e. The lowest BCUT2D eigenvalue weighted by atomic mass is 10.1. The summed E-state index contributed by atoms with van der Waals surface area (Å²) < 4.78 is 18.0. The van der Waals surface area contributed by atoms with Crippen LogP contribution in [0.1, 0.15) is 24.5 Å². The number of methoxy groups -OCH3 is 1. The number of nitrogens with zero attached hydrogens (tertiary/aromatic N) is 1. The van der Waals surface area contributed by atoms with Crippen LogP contribution in [0, 0.1) is 5.82 Å². The monoisotopic (exact) mass is 315 g/mol. The molecule has 23 heavy (non-hydrogen) atoms. The molecule has 2 rings (SSSR count). The van der Waals surface area contributed by atoms with Crippen LogP contribution in [-0.4, -0.2) is 24.5 Å². The van der Waals surface area contributed by atoms with Gasteiger partial charge in [-0.25, -0.2) is 4.39 Å². The Morgan fingerprint density at radius 2 is 1.65 bits per heavy atom. The van der Waals surface area contributed by atoms with E-state index in [-0.39, 0.29) is 11.7 Å². The Labute approximate surface area is 136 Å². The molecule has 3 nitrogen and oxygen atoms in total. The third-order valence-corrected chi connectivity index (χ3v) is 3.81. The van der Waals surface area contributed by atoms with E-state index in [0.717, 1.165) is 16.9 Å². The van der Waals surface area contributed by atoms with Crippen LogP contribution in [-0.2, 0) is 17.8 Å². The van der Waals surface area contributed by atoms with E-state index in [2.05, 4.69) is 0 Å². The molecule has 0 aliphatic heterocycles. The number of hydrogen-bond donors (Lipinski definition) is 0. The minimum absolute atomic E-state index is 0.104. The molecule has 0 aromatic heterocycles. The first-order valence-electron chi connectivity index (χ1n) is 7.77. The van der Waals surface area contributed by atoms with Gasteiger partial charge in [-0.3, -0.25) is 4.79 Å². The van der Waals surface area contributed by atoms with E-state index < -0.39 is 0 Å². The van der Waals surface area contributed by atoms with E-state index in [1.165, 1.54) is 12.1 Å². The van der Waals surface area contributed by atoms with Crippen molar-refractivity contribution in [1.82, 2.24) is 4.90 Å². The number of carbonyl (C=O) groups excluding carboxylic acids is 1. The van der Waals surface area contributed by atoms with Crippen LogP contribution in [0.4, 0.5) is 4.39 Å². The average Bonchev–Trinajstić information content (AvgIpc) is 2.59. The molecule has 0 radical (unpaired) electrons. The maximum absolute atomic E-state index is 12.9. The highest BCUT2D eigenvalue weighted by molar-refractivity contribution is 5.76. The normalized spacial score (nSPS) is 10.4. The third-order valence-electron chi connectivity index (χ3n) is 3.81. The molecule has 0 heterocycles. The van der Waals surface area contributed by atoms with Crippen molar-refractivity contribution >= 4 is 5.91 Å². The lowest BCUT2D eigenvalue weighted by Crippen LogP contribution is -2.30. The van der Waals surface area contributed by atoms with Gasteiger partial charge in [0.1, 0.15) is 11.6 Å². The molecule has 0 saturated carbocycles. The zero-order valence-electron chi connectivity index (χ0n) is 13.6. The predicted molar refractivity (Wildman–Crippen MR) is 88.8 cm³/mol. The molecule has 122 valence electrons. The topological polar surface area (TPSA) is 29.5 Å². The second kappa shape index (κ2) is 8.32. The summed E-state index contributed by atoms with van der Waals surface area (Å²) in [5.74, 6) is 0.654. The van der Waals surface area contributed by atoms with Crippen molar-refractivity contribution in [1.29, 1.82) is 0 Å². The van der Waals surface area contributed by atoms with Crippen LogP contribution in [0.25, 0.3) is 0 Å². The van der Waals surface area contributed by atoms with Crippen LogP contribution in [0.2, 0.25) is 0 Å². The first-order valence-corrected chi connectivity index (χ1v) is 7.77. The fourth-order valence-corrected chi connectivity index (χ4v) is 2.39. The summed E-state index contributed by atoms with van der Waals surface area (Å²) in [6.07, 6.45) is 1.05. The van der Waals surface area contributed by atoms with Gasteiger partial charge in [0, 0.05) is 19.5 Å². The van der Waals surface area contributed by atoms with Crippen molar-refractivity contribution in [2.24, 2.45) is 0 Å². The third kappa shape index (κ3) is 5.09. The summed E-state index contributed by atoms with van der Waals surface area (Å²) >= 11 is 0. The van der Waals surface area contributed by atoms with Gasteiger partial charge in [-0.2, -0.15) is 0 Å². The molecule has 2 aromatic carbocycles. The number of halogens is 1. The van der Waals surface area contributed by atoms with E-state index >= 15 is 0 Å². The highest BCUT2D eigenvalue weighted by atomic mass is 19.1. The Hall–Kier alpha value is -2.36. The Morgan fingerprint density at radius 1 is 1.04 bits per heavy atom. The van der Waals surface area contributed by atoms with Crippen LogP contribution in [0.15, 0.2) is 48.5 Å². The molecular formula is C19H22FNO2. The van der Waals surface area contributed by atoms with Gasteiger partial charge in [0.2, 0.25) is 5.91 Å². The highest BCUT2D eigenvalue weighted by Crippen LogP contribution is 2.14. The summed E-state index contributed by atoms with van der Waals surface area (Å²) in [6, 6.07) is 14.0. The molecule has 0 spiro atoms. The van der Waals surface area contributed by atoms with Crippen molar-refractivity contribution in [3.63, 3.8) is 0 Å². The molecular weight excluding hydrogens is 293 g/mol. The second-order valence-electron chi connectivity index (χ2n) is 5.38. The summed E-state index contributed by atoms with van der Waals surface area (Å²) in [6.45, 7) is 3.22. The average molecular weight is 315 g/mol. The number of rotatable bonds is 7. The maximum Gasteiger partial charge on any atom is 0.223 e. The Bertz CT molecular complexity index is 623. The largest absolute Gasteiger partial charge is 0.497 e. The van der Waals surface area contributed by atoms with Crippen molar-refractivity contribution in [2.45, 2.75) is 26.3 Å². The van der Waals surface area contributed by atoms with E-state index in [4.69, 9.17) is 4.74 Å². The number of carbonyl (C=O) groups is 1. The molecule has 0 bridgehead atoms. The second-order valence-corrected chi connectivity index (χ2v) is 5.38. The molecule has 0 aliphatic rings. The van der Waals surface area contributed by atoms with Gasteiger partial charge >= 0.3 is 0 Å². The van der Waals surface area contributed by atoms with Crippen molar-refractivity contribution < 1.29 is 13.9 Å². The van der Waals surface area contributed by atoms with E-state index in [1.807, 2.05) is 36.1 Å². The standard InChI is InChI=1S/C19H22FNO2/c1-3-21(14-16-6-11-18(23-2)12-7-16)19(22)13-8-15-4-9-17(20)10-5-15/h4-7,9-12H,3,8,13-14H2,1-2H3. The Balaban J connectivity index is 1.90. The zero-order valence-corrected chi connectivity index (χ0v) is 13.6. The van der Waals surface area contributed by atoms with Crippen molar-refractivity contribution in [3.05, 3.63) is 65.5 Å². The molecule has 0 atom stereocenters. The summed E-state index contributed by atoms with van der Waals surface area (Å²) in [5, 5.41) is 0. The predicted octanol–water partition coefficient (Wildman–Crippen LogP) is 3.82. The Kier molecular flexibility index (Phi) is 6.15. The SMILES string of the molecule is CCN(Cc1ccc(OC)cc1)C(=O)CCc1ccc(F)cc1. The van der Waals surface area contributed by atoms with Crippen molar-refractivity contribution in [2.75, 3.05) is 13.7 Å². The van der Waals surface area contributed by atoms with Crippen molar-refractivity contribution in [3.8, 4) is 5.75 Å². The summed E-state index contributed by atoms with van der Waals surface area (Å²) in [4.78, 5) is 14.2. The highest BCUT2D eigenvalue weighted by Gasteiger charge is 2.12. The van der Waals surface area contributed by atoms with Gasteiger partial charge in [-0.1, -0.05) is 24.3 Å². The maximum atomic E-state index is 12.9. The van der Waals surface area contributed by atoms with E-state index in [0.29, 0.717) is 25.9 Å². The molecule has 0 saturated heterocycles. The number of hydrogen-bond acceptors (Lipinski definition) is 2. The number of ether oxygens (including phenoxy) is 1. The molecule has 0 N–H and O–H groups in total.